The molecule has 0 unspecified atom stereocenters. The molecule has 106 valence electrons. The number of rotatable bonds is 4. The fourth-order valence-corrected chi connectivity index (χ4v) is 1.86. The number of halogens is 2. The summed E-state index contributed by atoms with van der Waals surface area (Å²) in [5.74, 6) is 0.231. The molecule has 1 N–H and O–H groups in total. The van der Waals surface area contributed by atoms with E-state index in [4.69, 9.17) is 27.6 Å². The Morgan fingerprint density at radius 3 is 2.95 bits per heavy atom. The normalized spacial score (nSPS) is 12.2. The Balaban J connectivity index is 2.06. The highest BCUT2D eigenvalue weighted by atomic mass is 35.5. The molecule has 0 saturated carbocycles. The first kappa shape index (κ1) is 14.6. The van der Waals surface area contributed by atoms with E-state index in [-0.39, 0.29) is 28.5 Å². The van der Waals surface area contributed by atoms with Gasteiger partial charge in [-0.15, -0.1) is 0 Å². The molecular formula is C12H11Cl2N3O3. The van der Waals surface area contributed by atoms with Crippen molar-refractivity contribution in [1.82, 2.24) is 15.1 Å². The van der Waals surface area contributed by atoms with E-state index in [2.05, 4.69) is 10.4 Å². The SMILES string of the molecule is C[C@@H](NC(=O)Cn1ncc(Cl)c(Cl)c1=O)c1ccco1. The van der Waals surface area contributed by atoms with E-state index in [9.17, 15) is 9.59 Å². The van der Waals surface area contributed by atoms with E-state index in [0.717, 1.165) is 4.68 Å². The van der Waals surface area contributed by atoms with E-state index < -0.39 is 5.56 Å². The molecule has 0 aliphatic heterocycles. The molecule has 6 nitrogen and oxygen atoms in total. The maximum atomic E-state index is 11.8. The van der Waals surface area contributed by atoms with Crippen molar-refractivity contribution in [3.8, 4) is 0 Å². The van der Waals surface area contributed by atoms with E-state index in [1.54, 1.807) is 19.1 Å². The molecule has 1 atom stereocenters. The lowest BCUT2D eigenvalue weighted by Crippen LogP contribution is -2.35. The van der Waals surface area contributed by atoms with Gasteiger partial charge < -0.3 is 9.73 Å². The second-order valence-electron chi connectivity index (χ2n) is 4.07. The van der Waals surface area contributed by atoms with Crippen LogP contribution in [0.3, 0.4) is 0 Å². The van der Waals surface area contributed by atoms with Crippen LogP contribution < -0.4 is 10.9 Å². The number of carbonyl (C=O) groups is 1. The molecule has 2 heterocycles. The third-order valence-corrected chi connectivity index (χ3v) is 3.33. The molecule has 2 aromatic heterocycles. The van der Waals surface area contributed by atoms with Gasteiger partial charge in [0.2, 0.25) is 5.91 Å². The van der Waals surface area contributed by atoms with Crippen LogP contribution >= 0.6 is 23.2 Å². The summed E-state index contributed by atoms with van der Waals surface area (Å²) in [6, 6.07) is 3.16. The van der Waals surface area contributed by atoms with Gasteiger partial charge in [0.15, 0.2) is 0 Å². The van der Waals surface area contributed by atoms with Gasteiger partial charge in [-0.1, -0.05) is 23.2 Å². The van der Waals surface area contributed by atoms with Crippen LogP contribution in [0.15, 0.2) is 33.8 Å². The van der Waals surface area contributed by atoms with Gasteiger partial charge in [-0.25, -0.2) is 4.68 Å². The Bertz CT molecular complexity index is 667. The lowest BCUT2D eigenvalue weighted by Gasteiger charge is -2.12. The second-order valence-corrected chi connectivity index (χ2v) is 4.86. The van der Waals surface area contributed by atoms with Gasteiger partial charge in [0.1, 0.15) is 17.3 Å². The number of hydrogen-bond donors (Lipinski definition) is 1. The van der Waals surface area contributed by atoms with Gasteiger partial charge in [-0.3, -0.25) is 9.59 Å². The van der Waals surface area contributed by atoms with Gasteiger partial charge in [-0.2, -0.15) is 5.10 Å². The number of nitrogens with one attached hydrogen (secondary N) is 1. The number of nitrogens with zero attached hydrogens (tertiary/aromatic N) is 2. The number of hydrogen-bond acceptors (Lipinski definition) is 4. The van der Waals surface area contributed by atoms with Crippen molar-refractivity contribution in [3.05, 3.63) is 50.8 Å². The molecule has 8 heteroatoms. The van der Waals surface area contributed by atoms with Crippen molar-refractivity contribution in [3.63, 3.8) is 0 Å². The van der Waals surface area contributed by atoms with Crippen LogP contribution in [0.25, 0.3) is 0 Å². The molecule has 20 heavy (non-hydrogen) atoms. The number of furan rings is 1. The Hall–Kier alpha value is -1.79. The van der Waals surface area contributed by atoms with Gasteiger partial charge in [0.25, 0.3) is 5.56 Å². The summed E-state index contributed by atoms with van der Waals surface area (Å²) in [6.45, 7) is 1.52. The lowest BCUT2D eigenvalue weighted by atomic mass is 10.2. The van der Waals surface area contributed by atoms with Crippen molar-refractivity contribution in [1.29, 1.82) is 0 Å². The maximum absolute atomic E-state index is 11.8. The predicted molar refractivity (Wildman–Crippen MR) is 73.8 cm³/mol. The van der Waals surface area contributed by atoms with Crippen LogP contribution in [0.2, 0.25) is 10.0 Å². The molecule has 0 aromatic carbocycles. The van der Waals surface area contributed by atoms with E-state index in [1.807, 2.05) is 0 Å². The minimum atomic E-state index is -0.611. The molecule has 1 amide bonds. The standard InChI is InChI=1S/C12H11Cl2N3O3/c1-7(9-3-2-4-20-9)16-10(18)6-17-12(19)11(14)8(13)5-15-17/h2-5,7H,6H2,1H3,(H,16,18)/t7-/m1/s1. The van der Waals surface area contributed by atoms with Crippen molar-refractivity contribution >= 4 is 29.1 Å². The van der Waals surface area contributed by atoms with Crippen LogP contribution in [-0.4, -0.2) is 15.7 Å². The smallest absolute Gasteiger partial charge is 0.287 e. The molecule has 0 aliphatic rings. The average Bonchev–Trinajstić information content (AvgIpc) is 2.93. The molecule has 2 aromatic rings. The minimum Gasteiger partial charge on any atom is -0.467 e. The average molecular weight is 316 g/mol. The highest BCUT2D eigenvalue weighted by Gasteiger charge is 2.14. The fraction of sp³-hybridized carbons (Fsp3) is 0.250. The Morgan fingerprint density at radius 2 is 2.30 bits per heavy atom. The van der Waals surface area contributed by atoms with Crippen LogP contribution in [0.1, 0.15) is 18.7 Å². The first-order valence-electron chi connectivity index (χ1n) is 5.73. The van der Waals surface area contributed by atoms with E-state index >= 15 is 0 Å². The summed E-state index contributed by atoms with van der Waals surface area (Å²) in [5.41, 5.74) is -0.611. The number of carbonyl (C=O) groups excluding carboxylic acids is 1. The van der Waals surface area contributed by atoms with Crippen molar-refractivity contribution in [2.24, 2.45) is 0 Å². The fourth-order valence-electron chi connectivity index (χ4n) is 1.59. The van der Waals surface area contributed by atoms with Crippen LogP contribution in [0.5, 0.6) is 0 Å². The third kappa shape index (κ3) is 3.20. The van der Waals surface area contributed by atoms with Gasteiger partial charge in [-0.05, 0) is 19.1 Å². The van der Waals surface area contributed by atoms with E-state index in [0.29, 0.717) is 5.76 Å². The van der Waals surface area contributed by atoms with Crippen LogP contribution in [0, 0.1) is 0 Å². The monoisotopic (exact) mass is 315 g/mol. The Labute approximate surface area is 124 Å². The summed E-state index contributed by atoms with van der Waals surface area (Å²) in [5, 5.41) is 6.33. The quantitative estimate of drug-likeness (QED) is 0.936. The Morgan fingerprint density at radius 1 is 1.55 bits per heavy atom. The molecule has 0 fully saturated rings. The van der Waals surface area contributed by atoms with Crippen molar-refractivity contribution in [2.45, 2.75) is 19.5 Å². The number of aromatic nitrogens is 2. The Kier molecular flexibility index (Phi) is 4.46. The first-order chi connectivity index (χ1) is 9.49. The zero-order chi connectivity index (χ0) is 14.7. The molecular weight excluding hydrogens is 305 g/mol. The second kappa shape index (κ2) is 6.11. The molecule has 0 radical (unpaired) electrons. The molecule has 0 saturated heterocycles. The molecule has 0 aliphatic carbocycles. The highest BCUT2D eigenvalue weighted by Crippen LogP contribution is 2.15. The van der Waals surface area contributed by atoms with Crippen LogP contribution in [0.4, 0.5) is 0 Å². The zero-order valence-electron chi connectivity index (χ0n) is 10.5. The predicted octanol–water partition coefficient (Wildman–Crippen LogP) is 2.02. The summed E-state index contributed by atoms with van der Waals surface area (Å²) in [6.07, 6.45) is 2.73. The van der Waals surface area contributed by atoms with E-state index in [1.165, 1.54) is 12.5 Å². The zero-order valence-corrected chi connectivity index (χ0v) is 12.0. The molecule has 2 rings (SSSR count). The maximum Gasteiger partial charge on any atom is 0.287 e. The summed E-state index contributed by atoms with van der Waals surface area (Å²) in [4.78, 5) is 23.6. The number of amides is 1. The topological polar surface area (TPSA) is 77.1 Å². The minimum absolute atomic E-state index is 0.0530. The first-order valence-corrected chi connectivity index (χ1v) is 6.48. The van der Waals surface area contributed by atoms with Gasteiger partial charge in [0, 0.05) is 0 Å². The van der Waals surface area contributed by atoms with Crippen LogP contribution in [-0.2, 0) is 11.3 Å². The van der Waals surface area contributed by atoms with Crippen molar-refractivity contribution in [2.75, 3.05) is 0 Å². The van der Waals surface area contributed by atoms with Gasteiger partial charge in [0.05, 0.1) is 23.5 Å². The van der Waals surface area contributed by atoms with Gasteiger partial charge >= 0.3 is 0 Å². The summed E-state index contributed by atoms with van der Waals surface area (Å²) >= 11 is 11.4. The summed E-state index contributed by atoms with van der Waals surface area (Å²) in [7, 11) is 0. The largest absolute Gasteiger partial charge is 0.467 e. The summed E-state index contributed by atoms with van der Waals surface area (Å²) < 4.78 is 6.11. The van der Waals surface area contributed by atoms with Crippen molar-refractivity contribution < 1.29 is 9.21 Å². The molecule has 0 spiro atoms. The highest BCUT2D eigenvalue weighted by molar-refractivity contribution is 6.41. The lowest BCUT2D eigenvalue weighted by molar-refractivity contribution is -0.122. The molecule has 0 bridgehead atoms. The third-order valence-electron chi connectivity index (χ3n) is 2.58.